The first kappa shape index (κ1) is 17.7. The lowest BCUT2D eigenvalue weighted by molar-refractivity contribution is -0.116. The molecule has 0 saturated heterocycles. The summed E-state index contributed by atoms with van der Waals surface area (Å²) in [6, 6.07) is 15.8. The molecule has 1 aromatic heterocycles. The Morgan fingerprint density at radius 2 is 1.85 bits per heavy atom. The average molecular weight is 350 g/mol. The molecule has 3 aromatic rings. The Morgan fingerprint density at radius 1 is 1.12 bits per heavy atom. The van der Waals surface area contributed by atoms with Gasteiger partial charge in [-0.3, -0.25) is 15.2 Å². The third kappa shape index (κ3) is 4.27. The van der Waals surface area contributed by atoms with Gasteiger partial charge >= 0.3 is 0 Å². The smallest absolute Gasteiger partial charge is 0.249 e. The number of anilines is 1. The molecule has 0 saturated carbocycles. The number of aryl methyl sites for hydroxylation is 2. The lowest BCUT2D eigenvalue weighted by atomic mass is 10.1. The van der Waals surface area contributed by atoms with Gasteiger partial charge in [-0.05, 0) is 36.1 Å². The van der Waals surface area contributed by atoms with Crippen molar-refractivity contribution < 1.29 is 9.53 Å². The fourth-order valence-electron chi connectivity index (χ4n) is 2.67. The summed E-state index contributed by atoms with van der Waals surface area (Å²) in [6.45, 7) is 2.12. The number of H-pyrrole nitrogens is 1. The molecule has 26 heavy (non-hydrogen) atoms. The molecule has 0 bridgehead atoms. The van der Waals surface area contributed by atoms with Crippen LogP contribution in [0.25, 0.3) is 11.4 Å². The van der Waals surface area contributed by atoms with Gasteiger partial charge in [0, 0.05) is 6.42 Å². The van der Waals surface area contributed by atoms with Crippen molar-refractivity contribution in [3.63, 3.8) is 0 Å². The van der Waals surface area contributed by atoms with E-state index >= 15 is 0 Å². The first-order valence-corrected chi connectivity index (χ1v) is 8.63. The number of para-hydroxylation sites is 1. The molecular formula is C20H22N4O2. The highest BCUT2D eigenvalue weighted by Gasteiger charge is 2.12. The Labute approximate surface area is 152 Å². The molecule has 0 spiro atoms. The first-order valence-electron chi connectivity index (χ1n) is 8.63. The molecule has 6 heteroatoms. The highest BCUT2D eigenvalue weighted by Crippen LogP contribution is 2.27. The third-order valence-electron chi connectivity index (χ3n) is 4.17. The quantitative estimate of drug-likeness (QED) is 0.682. The van der Waals surface area contributed by atoms with E-state index in [9.17, 15) is 4.79 Å². The van der Waals surface area contributed by atoms with E-state index in [1.54, 1.807) is 7.11 Å². The van der Waals surface area contributed by atoms with E-state index in [2.05, 4.69) is 51.7 Å². The monoisotopic (exact) mass is 350 g/mol. The van der Waals surface area contributed by atoms with Crippen LogP contribution in [0.4, 0.5) is 5.95 Å². The fourth-order valence-corrected chi connectivity index (χ4v) is 2.67. The van der Waals surface area contributed by atoms with Gasteiger partial charge in [-0.25, -0.2) is 0 Å². The molecule has 2 N–H and O–H groups in total. The maximum atomic E-state index is 12.1. The number of methoxy groups -OCH3 is 1. The summed E-state index contributed by atoms with van der Waals surface area (Å²) in [4.78, 5) is 16.5. The van der Waals surface area contributed by atoms with Gasteiger partial charge < -0.3 is 4.74 Å². The Bertz CT molecular complexity index is 872. The second-order valence-electron chi connectivity index (χ2n) is 5.93. The zero-order chi connectivity index (χ0) is 18.4. The number of aromatic nitrogens is 3. The SMILES string of the molecule is CCc1ccc(CCC(=O)Nc2n[nH]c(-c3ccccc3OC)n2)cc1. The van der Waals surface area contributed by atoms with Crippen LogP contribution < -0.4 is 10.1 Å². The Balaban J connectivity index is 1.59. The van der Waals surface area contributed by atoms with Crippen LogP contribution in [0.2, 0.25) is 0 Å². The van der Waals surface area contributed by atoms with Crippen molar-refractivity contribution in [3.8, 4) is 17.1 Å². The third-order valence-corrected chi connectivity index (χ3v) is 4.17. The van der Waals surface area contributed by atoms with Crippen molar-refractivity contribution in [1.82, 2.24) is 15.2 Å². The number of amides is 1. The van der Waals surface area contributed by atoms with Crippen LogP contribution in [0.5, 0.6) is 5.75 Å². The summed E-state index contributed by atoms with van der Waals surface area (Å²) in [6.07, 6.45) is 2.07. The Hall–Kier alpha value is -3.15. The molecule has 0 radical (unpaired) electrons. The van der Waals surface area contributed by atoms with Crippen LogP contribution in [0.15, 0.2) is 48.5 Å². The van der Waals surface area contributed by atoms with Crippen LogP contribution in [0.3, 0.4) is 0 Å². The van der Waals surface area contributed by atoms with Crippen molar-refractivity contribution in [2.75, 3.05) is 12.4 Å². The molecule has 2 aromatic carbocycles. The van der Waals surface area contributed by atoms with Gasteiger partial charge in [-0.15, -0.1) is 5.10 Å². The van der Waals surface area contributed by atoms with E-state index in [1.165, 1.54) is 5.56 Å². The molecular weight excluding hydrogens is 328 g/mol. The molecule has 1 amide bonds. The zero-order valence-corrected chi connectivity index (χ0v) is 15.0. The second-order valence-corrected chi connectivity index (χ2v) is 5.93. The number of rotatable bonds is 7. The first-order chi connectivity index (χ1) is 12.7. The zero-order valence-electron chi connectivity index (χ0n) is 15.0. The van der Waals surface area contributed by atoms with E-state index in [4.69, 9.17) is 4.74 Å². The summed E-state index contributed by atoms with van der Waals surface area (Å²) < 4.78 is 5.32. The van der Waals surface area contributed by atoms with Gasteiger partial charge in [0.1, 0.15) is 5.75 Å². The van der Waals surface area contributed by atoms with Crippen LogP contribution in [0, 0.1) is 0 Å². The summed E-state index contributed by atoms with van der Waals surface area (Å²) in [5, 5.41) is 9.62. The number of nitrogens with zero attached hydrogens (tertiary/aromatic N) is 2. The molecule has 0 unspecified atom stereocenters. The molecule has 0 aliphatic carbocycles. The van der Waals surface area contributed by atoms with Crippen LogP contribution >= 0.6 is 0 Å². The minimum atomic E-state index is -0.116. The summed E-state index contributed by atoms with van der Waals surface area (Å²) in [7, 11) is 1.60. The largest absolute Gasteiger partial charge is 0.496 e. The second kappa shape index (κ2) is 8.29. The van der Waals surface area contributed by atoms with Crippen molar-refractivity contribution in [1.29, 1.82) is 0 Å². The number of carbonyl (C=O) groups excluding carboxylic acids is 1. The van der Waals surface area contributed by atoms with Crippen LogP contribution in [-0.2, 0) is 17.6 Å². The molecule has 0 fully saturated rings. The van der Waals surface area contributed by atoms with E-state index in [1.807, 2.05) is 24.3 Å². The number of benzene rings is 2. The van der Waals surface area contributed by atoms with E-state index in [0.29, 0.717) is 24.4 Å². The molecule has 0 aliphatic heterocycles. The molecule has 1 heterocycles. The molecule has 0 atom stereocenters. The topological polar surface area (TPSA) is 79.9 Å². The summed E-state index contributed by atoms with van der Waals surface area (Å²) in [5.41, 5.74) is 3.23. The van der Waals surface area contributed by atoms with E-state index in [0.717, 1.165) is 17.5 Å². The van der Waals surface area contributed by atoms with Crippen LogP contribution in [0.1, 0.15) is 24.5 Å². The normalized spacial score (nSPS) is 10.5. The average Bonchev–Trinajstić information content (AvgIpc) is 3.15. The predicted molar refractivity (Wildman–Crippen MR) is 101 cm³/mol. The number of hydrogen-bond acceptors (Lipinski definition) is 4. The molecule has 134 valence electrons. The number of hydrogen-bond donors (Lipinski definition) is 2. The molecule has 0 aliphatic rings. The number of nitrogens with one attached hydrogen (secondary N) is 2. The lowest BCUT2D eigenvalue weighted by Gasteiger charge is -2.04. The van der Waals surface area contributed by atoms with Crippen molar-refractivity contribution in [2.45, 2.75) is 26.2 Å². The minimum absolute atomic E-state index is 0.116. The predicted octanol–water partition coefficient (Wildman–Crippen LogP) is 3.61. The Kier molecular flexibility index (Phi) is 5.63. The number of carbonyl (C=O) groups is 1. The lowest BCUT2D eigenvalue weighted by Crippen LogP contribution is -2.13. The number of ether oxygens (including phenoxy) is 1. The highest BCUT2D eigenvalue weighted by molar-refractivity contribution is 5.89. The standard InChI is InChI=1S/C20H22N4O2/c1-3-14-8-10-15(11-9-14)12-13-18(25)21-20-22-19(23-24-20)16-6-4-5-7-17(16)26-2/h4-11H,3,12-13H2,1-2H3,(H2,21,22,23,24,25). The molecule has 3 rings (SSSR count). The van der Waals surface area contributed by atoms with Gasteiger partial charge in [-0.1, -0.05) is 43.3 Å². The molecule has 6 nitrogen and oxygen atoms in total. The van der Waals surface area contributed by atoms with Crippen molar-refractivity contribution >= 4 is 11.9 Å². The van der Waals surface area contributed by atoms with Gasteiger partial charge in [0.25, 0.3) is 0 Å². The van der Waals surface area contributed by atoms with Gasteiger partial charge in [0.2, 0.25) is 11.9 Å². The van der Waals surface area contributed by atoms with Gasteiger partial charge in [0.15, 0.2) is 5.82 Å². The highest BCUT2D eigenvalue weighted by atomic mass is 16.5. The Morgan fingerprint density at radius 3 is 2.58 bits per heavy atom. The maximum Gasteiger partial charge on any atom is 0.249 e. The maximum absolute atomic E-state index is 12.1. The minimum Gasteiger partial charge on any atom is -0.496 e. The summed E-state index contributed by atoms with van der Waals surface area (Å²) in [5.74, 6) is 1.39. The fraction of sp³-hybridized carbons (Fsp3) is 0.250. The van der Waals surface area contributed by atoms with E-state index < -0.39 is 0 Å². The van der Waals surface area contributed by atoms with Gasteiger partial charge in [-0.2, -0.15) is 4.98 Å². The summed E-state index contributed by atoms with van der Waals surface area (Å²) >= 11 is 0. The van der Waals surface area contributed by atoms with Crippen molar-refractivity contribution in [3.05, 3.63) is 59.7 Å². The van der Waals surface area contributed by atoms with Gasteiger partial charge in [0.05, 0.1) is 12.7 Å². The van der Waals surface area contributed by atoms with Crippen molar-refractivity contribution in [2.24, 2.45) is 0 Å². The van der Waals surface area contributed by atoms with E-state index in [-0.39, 0.29) is 11.9 Å². The number of aromatic amines is 1. The van der Waals surface area contributed by atoms with Crippen LogP contribution in [-0.4, -0.2) is 28.2 Å².